The fourth-order valence-corrected chi connectivity index (χ4v) is 2.57. The first-order valence-electron chi connectivity index (χ1n) is 6.72. The van der Waals surface area contributed by atoms with Crippen LogP contribution in [0.25, 0.3) is 0 Å². The molecule has 1 atom stereocenters. The Kier molecular flexibility index (Phi) is 4.05. The lowest BCUT2D eigenvalue weighted by molar-refractivity contribution is 0.236. The van der Waals surface area contributed by atoms with Crippen LogP contribution in [0.15, 0.2) is 6.20 Å². The molecule has 0 radical (unpaired) electrons. The first kappa shape index (κ1) is 12.4. The van der Waals surface area contributed by atoms with Crippen LogP contribution in [0, 0.1) is 6.92 Å². The fourth-order valence-electron chi connectivity index (χ4n) is 2.57. The number of aryl methyl sites for hydroxylation is 1. The zero-order valence-corrected chi connectivity index (χ0v) is 11.2. The molecule has 1 unspecified atom stereocenters. The van der Waals surface area contributed by atoms with Gasteiger partial charge in [-0.3, -0.25) is 4.90 Å². The van der Waals surface area contributed by atoms with Gasteiger partial charge in [-0.25, -0.2) is 4.98 Å². The third kappa shape index (κ3) is 3.00. The topological polar surface area (TPSA) is 33.1 Å². The molecule has 1 aromatic rings. The van der Waals surface area contributed by atoms with E-state index in [0.717, 1.165) is 24.7 Å². The summed E-state index contributed by atoms with van der Waals surface area (Å²) in [4.78, 5) is 7.09. The minimum atomic E-state index is 0.600. The lowest BCUT2D eigenvalue weighted by Gasteiger charge is -2.24. The van der Waals surface area contributed by atoms with Crippen molar-refractivity contribution in [2.45, 2.75) is 46.2 Å². The van der Waals surface area contributed by atoms with E-state index in [1.165, 1.54) is 25.9 Å². The Morgan fingerprint density at radius 1 is 1.41 bits per heavy atom. The molecule has 0 aromatic carbocycles. The van der Waals surface area contributed by atoms with Crippen LogP contribution < -0.4 is 5.32 Å². The molecule has 0 spiro atoms. The number of rotatable bonds is 5. The van der Waals surface area contributed by atoms with E-state index in [9.17, 15) is 0 Å². The van der Waals surface area contributed by atoms with Crippen molar-refractivity contribution >= 4 is 5.95 Å². The third-order valence-corrected chi connectivity index (χ3v) is 3.46. The molecule has 17 heavy (non-hydrogen) atoms. The number of imidazole rings is 1. The summed E-state index contributed by atoms with van der Waals surface area (Å²) < 4.78 is 2.25. The summed E-state index contributed by atoms with van der Waals surface area (Å²) in [6.45, 7) is 10.9. The molecule has 4 heteroatoms. The predicted octanol–water partition coefficient (Wildman–Crippen LogP) is 2.11. The number of aromatic nitrogens is 2. The fraction of sp³-hybridized carbons (Fsp3) is 0.769. The molecule has 1 N–H and O–H groups in total. The first-order chi connectivity index (χ1) is 8.20. The summed E-state index contributed by atoms with van der Waals surface area (Å²) in [5.41, 5.74) is 1.09. The summed E-state index contributed by atoms with van der Waals surface area (Å²) >= 11 is 0. The van der Waals surface area contributed by atoms with E-state index in [0.29, 0.717) is 6.04 Å². The Balaban J connectivity index is 2.01. The molecule has 0 amide bonds. The summed E-state index contributed by atoms with van der Waals surface area (Å²) in [6, 6.07) is 0.600. The van der Waals surface area contributed by atoms with Gasteiger partial charge in [-0.05, 0) is 46.7 Å². The van der Waals surface area contributed by atoms with Crippen molar-refractivity contribution in [3.05, 3.63) is 11.9 Å². The maximum absolute atomic E-state index is 4.51. The highest BCUT2D eigenvalue weighted by atomic mass is 15.2. The quantitative estimate of drug-likeness (QED) is 0.850. The average Bonchev–Trinajstić information content (AvgIpc) is 2.89. The minimum Gasteiger partial charge on any atom is -0.356 e. The molecule has 2 heterocycles. The van der Waals surface area contributed by atoms with Gasteiger partial charge in [0.25, 0.3) is 0 Å². The summed E-state index contributed by atoms with van der Waals surface area (Å²) in [5, 5.41) is 3.33. The average molecular weight is 236 g/mol. The number of nitrogens with one attached hydrogen (secondary N) is 1. The van der Waals surface area contributed by atoms with Gasteiger partial charge in [-0.1, -0.05) is 0 Å². The van der Waals surface area contributed by atoms with Crippen LogP contribution in [-0.2, 0) is 6.54 Å². The summed E-state index contributed by atoms with van der Waals surface area (Å²) in [5.74, 6) is 1.01. The maximum atomic E-state index is 4.51. The molecule has 1 aromatic heterocycles. The number of anilines is 1. The van der Waals surface area contributed by atoms with Gasteiger partial charge in [-0.2, -0.15) is 0 Å². The van der Waals surface area contributed by atoms with E-state index in [-0.39, 0.29) is 0 Å². The molecule has 96 valence electrons. The van der Waals surface area contributed by atoms with E-state index in [2.05, 4.69) is 46.7 Å². The number of nitrogens with zero attached hydrogens (tertiary/aromatic N) is 3. The van der Waals surface area contributed by atoms with Gasteiger partial charge in [-0.15, -0.1) is 0 Å². The molecule has 0 bridgehead atoms. The molecule has 0 saturated carbocycles. The monoisotopic (exact) mass is 236 g/mol. The van der Waals surface area contributed by atoms with Gasteiger partial charge in [0.15, 0.2) is 0 Å². The number of hydrogen-bond acceptors (Lipinski definition) is 3. The lowest BCUT2D eigenvalue weighted by atomic mass is 10.3. The van der Waals surface area contributed by atoms with Gasteiger partial charge >= 0.3 is 0 Å². The van der Waals surface area contributed by atoms with Gasteiger partial charge in [0.1, 0.15) is 0 Å². The Morgan fingerprint density at radius 2 is 2.12 bits per heavy atom. The van der Waals surface area contributed by atoms with E-state index in [4.69, 9.17) is 0 Å². The van der Waals surface area contributed by atoms with Crippen molar-refractivity contribution in [2.75, 3.05) is 25.0 Å². The molecule has 1 aliphatic rings. The predicted molar refractivity (Wildman–Crippen MR) is 71.4 cm³/mol. The zero-order chi connectivity index (χ0) is 12.3. The van der Waals surface area contributed by atoms with Crippen molar-refractivity contribution in [1.82, 2.24) is 14.5 Å². The van der Waals surface area contributed by atoms with E-state index in [1.807, 2.05) is 0 Å². The van der Waals surface area contributed by atoms with Crippen LogP contribution in [-0.4, -0.2) is 40.1 Å². The van der Waals surface area contributed by atoms with Crippen LogP contribution in [0.1, 0.15) is 32.4 Å². The third-order valence-electron chi connectivity index (χ3n) is 3.46. The number of likely N-dealkylation sites (tertiary alicyclic amines) is 1. The van der Waals surface area contributed by atoms with E-state index in [1.54, 1.807) is 0 Å². The second-order valence-electron chi connectivity index (χ2n) is 4.98. The Bertz CT molecular complexity index is 352. The van der Waals surface area contributed by atoms with Crippen LogP contribution in [0.3, 0.4) is 0 Å². The largest absolute Gasteiger partial charge is 0.356 e. The molecule has 1 aliphatic heterocycles. The van der Waals surface area contributed by atoms with Crippen molar-refractivity contribution in [1.29, 1.82) is 0 Å². The Morgan fingerprint density at radius 3 is 2.76 bits per heavy atom. The Hall–Kier alpha value is -1.03. The van der Waals surface area contributed by atoms with Crippen LogP contribution in [0.5, 0.6) is 0 Å². The molecule has 4 nitrogen and oxygen atoms in total. The van der Waals surface area contributed by atoms with Gasteiger partial charge in [0.05, 0.1) is 5.69 Å². The van der Waals surface area contributed by atoms with Gasteiger partial charge in [0, 0.05) is 25.3 Å². The Labute approximate surface area is 104 Å². The maximum Gasteiger partial charge on any atom is 0.203 e. The molecule has 0 aliphatic carbocycles. The molecule has 1 fully saturated rings. The van der Waals surface area contributed by atoms with Crippen LogP contribution >= 0.6 is 0 Å². The summed E-state index contributed by atoms with van der Waals surface area (Å²) in [6.07, 6.45) is 4.85. The van der Waals surface area contributed by atoms with E-state index < -0.39 is 0 Å². The van der Waals surface area contributed by atoms with Crippen molar-refractivity contribution in [3.8, 4) is 0 Å². The van der Waals surface area contributed by atoms with Gasteiger partial charge in [0.2, 0.25) is 5.95 Å². The second-order valence-corrected chi connectivity index (χ2v) is 4.98. The molecular weight excluding hydrogens is 212 g/mol. The molecule has 2 rings (SSSR count). The SMILES string of the molecule is CCNc1nc(C)cn1CC(C)N1CCCC1. The highest BCUT2D eigenvalue weighted by molar-refractivity contribution is 5.28. The van der Waals surface area contributed by atoms with Crippen molar-refractivity contribution in [3.63, 3.8) is 0 Å². The normalized spacial score (nSPS) is 18.5. The highest BCUT2D eigenvalue weighted by Crippen LogP contribution is 2.15. The van der Waals surface area contributed by atoms with E-state index >= 15 is 0 Å². The second kappa shape index (κ2) is 5.54. The number of hydrogen-bond donors (Lipinski definition) is 1. The minimum absolute atomic E-state index is 0.600. The first-order valence-corrected chi connectivity index (χ1v) is 6.72. The van der Waals surface area contributed by atoms with Crippen molar-refractivity contribution in [2.24, 2.45) is 0 Å². The highest BCUT2D eigenvalue weighted by Gasteiger charge is 2.19. The standard InChI is InChI=1S/C13H24N4/c1-4-14-13-15-11(2)9-17(13)10-12(3)16-7-5-6-8-16/h9,12H,4-8,10H2,1-3H3,(H,14,15). The van der Waals surface area contributed by atoms with Crippen LogP contribution in [0.2, 0.25) is 0 Å². The van der Waals surface area contributed by atoms with Crippen LogP contribution in [0.4, 0.5) is 5.95 Å². The van der Waals surface area contributed by atoms with Crippen molar-refractivity contribution < 1.29 is 0 Å². The summed E-state index contributed by atoms with van der Waals surface area (Å²) in [7, 11) is 0. The van der Waals surface area contributed by atoms with Gasteiger partial charge < -0.3 is 9.88 Å². The molecule has 1 saturated heterocycles. The molecular formula is C13H24N4. The zero-order valence-electron chi connectivity index (χ0n) is 11.2. The smallest absolute Gasteiger partial charge is 0.203 e. The lowest BCUT2D eigenvalue weighted by Crippen LogP contribution is -2.33.